The molecular weight excluding hydrogens is 262 g/mol. The first kappa shape index (κ1) is 14.5. The average Bonchev–Trinajstić information content (AvgIpc) is 2.99. The Labute approximate surface area is 117 Å². The number of carboxylic acid groups (broad SMARTS) is 1. The van der Waals surface area contributed by atoms with Gasteiger partial charge in [0.05, 0.1) is 6.42 Å². The van der Waals surface area contributed by atoms with Crippen LogP contribution in [0, 0.1) is 5.41 Å². The van der Waals surface area contributed by atoms with Crippen LogP contribution in [0.2, 0.25) is 0 Å². The molecule has 1 aromatic heterocycles. The minimum Gasteiger partial charge on any atom is -0.481 e. The summed E-state index contributed by atoms with van der Waals surface area (Å²) in [4.78, 5) is 12.7. The predicted octanol–water partition coefficient (Wildman–Crippen LogP) is 2.02. The third kappa shape index (κ3) is 4.03. The Kier molecular flexibility index (Phi) is 4.96. The van der Waals surface area contributed by atoms with Crippen molar-refractivity contribution in [1.29, 1.82) is 0 Å². The zero-order valence-electron chi connectivity index (χ0n) is 11.0. The van der Waals surface area contributed by atoms with Gasteiger partial charge in [0, 0.05) is 34.9 Å². The van der Waals surface area contributed by atoms with Gasteiger partial charge in [-0.05, 0) is 25.0 Å². The van der Waals surface area contributed by atoms with E-state index in [0.717, 1.165) is 35.7 Å². The fraction of sp³-hybridized carbons (Fsp3) is 0.643. The van der Waals surface area contributed by atoms with Crippen LogP contribution in [0.4, 0.5) is 0 Å². The van der Waals surface area contributed by atoms with Gasteiger partial charge < -0.3 is 15.5 Å². The van der Waals surface area contributed by atoms with E-state index >= 15 is 0 Å². The molecule has 4 nitrogen and oxygen atoms in total. The van der Waals surface area contributed by atoms with Crippen molar-refractivity contribution >= 4 is 17.3 Å². The third-order valence-corrected chi connectivity index (χ3v) is 4.93. The summed E-state index contributed by atoms with van der Waals surface area (Å²) in [6.07, 6.45) is 4.73. The largest absolute Gasteiger partial charge is 0.481 e. The SMILES string of the molecule is O=C(O)Cc1ccc(CNCC2(CO)CCCC2)s1. The highest BCUT2D eigenvalue weighted by Gasteiger charge is 2.32. The molecule has 0 saturated heterocycles. The quantitative estimate of drug-likeness (QED) is 0.716. The predicted molar refractivity (Wildman–Crippen MR) is 75.4 cm³/mol. The lowest BCUT2D eigenvalue weighted by atomic mass is 9.87. The summed E-state index contributed by atoms with van der Waals surface area (Å²) in [5.41, 5.74) is 0.0706. The first-order valence-electron chi connectivity index (χ1n) is 6.74. The Bertz CT molecular complexity index is 424. The number of carbonyl (C=O) groups is 1. The molecule has 19 heavy (non-hydrogen) atoms. The number of aliphatic hydroxyl groups excluding tert-OH is 1. The van der Waals surface area contributed by atoms with Crippen molar-refractivity contribution in [3.63, 3.8) is 0 Å². The summed E-state index contributed by atoms with van der Waals surface area (Å²) < 4.78 is 0. The highest BCUT2D eigenvalue weighted by atomic mass is 32.1. The van der Waals surface area contributed by atoms with Gasteiger partial charge in [-0.25, -0.2) is 0 Å². The van der Waals surface area contributed by atoms with Gasteiger partial charge >= 0.3 is 5.97 Å². The summed E-state index contributed by atoms with van der Waals surface area (Å²) >= 11 is 1.54. The van der Waals surface area contributed by atoms with E-state index in [1.807, 2.05) is 12.1 Å². The fourth-order valence-corrected chi connectivity index (χ4v) is 3.71. The summed E-state index contributed by atoms with van der Waals surface area (Å²) in [5, 5.41) is 21.6. The lowest BCUT2D eigenvalue weighted by Gasteiger charge is -2.26. The van der Waals surface area contributed by atoms with Crippen LogP contribution in [0.3, 0.4) is 0 Å². The summed E-state index contributed by atoms with van der Waals surface area (Å²) in [5.74, 6) is -0.786. The van der Waals surface area contributed by atoms with Gasteiger partial charge in [-0.1, -0.05) is 12.8 Å². The minimum atomic E-state index is -0.786. The highest BCUT2D eigenvalue weighted by molar-refractivity contribution is 7.12. The lowest BCUT2D eigenvalue weighted by Crippen LogP contribution is -2.34. The van der Waals surface area contributed by atoms with Gasteiger partial charge in [-0.3, -0.25) is 4.79 Å². The molecular formula is C14H21NO3S. The molecule has 0 atom stereocenters. The molecule has 106 valence electrons. The lowest BCUT2D eigenvalue weighted by molar-refractivity contribution is -0.136. The van der Waals surface area contributed by atoms with Gasteiger partial charge in [0.2, 0.25) is 0 Å². The summed E-state index contributed by atoms with van der Waals surface area (Å²) in [6.45, 7) is 1.86. The molecule has 0 radical (unpaired) electrons. The molecule has 3 N–H and O–H groups in total. The van der Waals surface area contributed by atoms with Crippen molar-refractivity contribution in [2.45, 2.75) is 38.6 Å². The first-order valence-corrected chi connectivity index (χ1v) is 7.56. The van der Waals surface area contributed by atoms with Gasteiger partial charge in [0.15, 0.2) is 0 Å². The van der Waals surface area contributed by atoms with Crippen molar-refractivity contribution in [1.82, 2.24) is 5.32 Å². The Morgan fingerprint density at radius 2 is 2.00 bits per heavy atom. The molecule has 1 saturated carbocycles. The van der Waals surface area contributed by atoms with Crippen LogP contribution >= 0.6 is 11.3 Å². The molecule has 0 aliphatic heterocycles. The van der Waals surface area contributed by atoms with Crippen molar-refractivity contribution < 1.29 is 15.0 Å². The molecule has 5 heteroatoms. The van der Waals surface area contributed by atoms with Crippen molar-refractivity contribution in [2.75, 3.05) is 13.2 Å². The molecule has 1 heterocycles. The maximum Gasteiger partial charge on any atom is 0.308 e. The Balaban J connectivity index is 1.79. The number of rotatable bonds is 7. The molecule has 1 aliphatic carbocycles. The van der Waals surface area contributed by atoms with Gasteiger partial charge in [0.1, 0.15) is 0 Å². The molecule has 1 aliphatic rings. The molecule has 0 aromatic carbocycles. The molecule has 0 amide bonds. The van der Waals surface area contributed by atoms with E-state index in [0.29, 0.717) is 0 Å². The summed E-state index contributed by atoms with van der Waals surface area (Å²) in [7, 11) is 0. The Morgan fingerprint density at radius 1 is 1.32 bits per heavy atom. The molecule has 0 spiro atoms. The second-order valence-electron chi connectivity index (χ2n) is 5.41. The van der Waals surface area contributed by atoms with Crippen molar-refractivity contribution in [2.24, 2.45) is 5.41 Å². The maximum absolute atomic E-state index is 10.6. The number of aliphatic carboxylic acids is 1. The number of hydrogen-bond donors (Lipinski definition) is 3. The number of nitrogens with one attached hydrogen (secondary N) is 1. The van der Waals surface area contributed by atoms with Crippen LogP contribution in [0.5, 0.6) is 0 Å². The summed E-state index contributed by atoms with van der Waals surface area (Å²) in [6, 6.07) is 3.86. The van der Waals surface area contributed by atoms with Crippen molar-refractivity contribution in [3.8, 4) is 0 Å². The standard InChI is InChI=1S/C14H21NO3S/c16-10-14(5-1-2-6-14)9-15-8-12-4-3-11(19-12)7-13(17)18/h3-4,15-16H,1-2,5-10H2,(H,17,18). The maximum atomic E-state index is 10.6. The Morgan fingerprint density at radius 3 is 2.63 bits per heavy atom. The van der Waals surface area contributed by atoms with Crippen LogP contribution in [0.1, 0.15) is 35.4 Å². The molecule has 2 rings (SSSR count). The van der Waals surface area contributed by atoms with E-state index in [-0.39, 0.29) is 18.4 Å². The molecule has 1 fully saturated rings. The minimum absolute atomic E-state index is 0.0706. The van der Waals surface area contributed by atoms with Gasteiger partial charge in [0.25, 0.3) is 0 Å². The number of aliphatic hydroxyl groups is 1. The molecule has 1 aromatic rings. The van der Waals surface area contributed by atoms with Crippen LogP contribution in [-0.2, 0) is 17.8 Å². The van der Waals surface area contributed by atoms with E-state index in [1.54, 1.807) is 11.3 Å². The highest BCUT2D eigenvalue weighted by Crippen LogP contribution is 2.36. The van der Waals surface area contributed by atoms with Crippen LogP contribution in [-0.4, -0.2) is 29.3 Å². The van der Waals surface area contributed by atoms with E-state index in [4.69, 9.17) is 5.11 Å². The zero-order valence-corrected chi connectivity index (χ0v) is 11.8. The van der Waals surface area contributed by atoms with E-state index in [1.165, 1.54) is 12.8 Å². The van der Waals surface area contributed by atoms with E-state index in [9.17, 15) is 9.90 Å². The smallest absolute Gasteiger partial charge is 0.308 e. The number of hydrogen-bond acceptors (Lipinski definition) is 4. The second-order valence-corrected chi connectivity index (χ2v) is 6.66. The normalized spacial score (nSPS) is 17.7. The number of thiophene rings is 1. The fourth-order valence-electron chi connectivity index (χ4n) is 2.73. The average molecular weight is 283 g/mol. The monoisotopic (exact) mass is 283 g/mol. The van der Waals surface area contributed by atoms with Crippen LogP contribution in [0.25, 0.3) is 0 Å². The molecule has 0 unspecified atom stereocenters. The van der Waals surface area contributed by atoms with E-state index in [2.05, 4.69) is 5.32 Å². The number of carboxylic acids is 1. The first-order chi connectivity index (χ1) is 9.13. The Hall–Kier alpha value is -0.910. The van der Waals surface area contributed by atoms with Gasteiger partial charge in [-0.2, -0.15) is 0 Å². The zero-order chi connectivity index (χ0) is 13.7. The van der Waals surface area contributed by atoms with Crippen LogP contribution in [0.15, 0.2) is 12.1 Å². The van der Waals surface area contributed by atoms with Crippen LogP contribution < -0.4 is 5.32 Å². The molecule has 0 bridgehead atoms. The second kappa shape index (κ2) is 6.50. The topological polar surface area (TPSA) is 69.6 Å². The van der Waals surface area contributed by atoms with Crippen molar-refractivity contribution in [3.05, 3.63) is 21.9 Å². The third-order valence-electron chi connectivity index (χ3n) is 3.84. The van der Waals surface area contributed by atoms with E-state index < -0.39 is 5.97 Å². The van der Waals surface area contributed by atoms with Gasteiger partial charge in [-0.15, -0.1) is 11.3 Å².